The Bertz CT molecular complexity index is 1250. The van der Waals surface area contributed by atoms with Crippen LogP contribution in [0.25, 0.3) is 22.8 Å². The molecule has 0 fully saturated rings. The van der Waals surface area contributed by atoms with E-state index in [9.17, 15) is 9.59 Å². The minimum Gasteiger partial charge on any atom is -0.350 e. The highest BCUT2D eigenvalue weighted by atomic mass is 16.2. The van der Waals surface area contributed by atoms with Crippen molar-refractivity contribution >= 4 is 11.8 Å². The fourth-order valence-electron chi connectivity index (χ4n) is 3.52. The molecule has 0 radical (unpaired) electrons. The van der Waals surface area contributed by atoms with Crippen LogP contribution in [0.15, 0.2) is 85.5 Å². The first-order valence-corrected chi connectivity index (χ1v) is 11.5. The van der Waals surface area contributed by atoms with E-state index in [4.69, 9.17) is 0 Å². The zero-order valence-electron chi connectivity index (χ0n) is 19.4. The van der Waals surface area contributed by atoms with Crippen LogP contribution < -0.4 is 10.6 Å². The van der Waals surface area contributed by atoms with E-state index in [0.717, 1.165) is 17.5 Å². The normalized spacial score (nSPS) is 11.5. The van der Waals surface area contributed by atoms with E-state index in [1.165, 1.54) is 24.8 Å². The summed E-state index contributed by atoms with van der Waals surface area (Å²) in [6.07, 6.45) is 7.58. The fourth-order valence-corrected chi connectivity index (χ4v) is 3.52. The lowest BCUT2D eigenvalue weighted by Crippen LogP contribution is -2.43. The van der Waals surface area contributed by atoms with Crippen LogP contribution in [0.4, 0.5) is 0 Å². The van der Waals surface area contributed by atoms with Gasteiger partial charge in [-0.2, -0.15) is 0 Å². The van der Waals surface area contributed by atoms with Crippen LogP contribution in [0.2, 0.25) is 0 Å². The van der Waals surface area contributed by atoms with Crippen molar-refractivity contribution < 1.29 is 9.59 Å². The van der Waals surface area contributed by atoms with Crippen LogP contribution in [0, 0.1) is 0 Å². The van der Waals surface area contributed by atoms with Crippen molar-refractivity contribution in [3.05, 3.63) is 96.6 Å². The van der Waals surface area contributed by atoms with E-state index in [-0.39, 0.29) is 24.4 Å². The van der Waals surface area contributed by atoms with Gasteiger partial charge in [0.2, 0.25) is 0 Å². The summed E-state index contributed by atoms with van der Waals surface area (Å²) in [5.74, 6) is 0.530. The number of hydrogen-bond acceptors (Lipinski definition) is 6. The summed E-state index contributed by atoms with van der Waals surface area (Å²) < 4.78 is 0. The van der Waals surface area contributed by atoms with E-state index < -0.39 is 0 Å². The van der Waals surface area contributed by atoms with Gasteiger partial charge in [-0.25, -0.2) is 19.9 Å². The topological polar surface area (TPSA) is 110 Å². The van der Waals surface area contributed by atoms with Crippen LogP contribution in [0.1, 0.15) is 40.5 Å². The van der Waals surface area contributed by atoms with Crippen molar-refractivity contribution in [2.75, 3.05) is 6.54 Å². The Morgan fingerprint density at radius 1 is 0.714 bits per heavy atom. The highest BCUT2D eigenvalue weighted by Gasteiger charge is 2.16. The van der Waals surface area contributed by atoms with Gasteiger partial charge in [-0.3, -0.25) is 9.59 Å². The molecule has 4 rings (SSSR count). The summed E-state index contributed by atoms with van der Waals surface area (Å²) in [5, 5.41) is 5.83. The number of carbonyl (C=O) groups excluding carboxylic acids is 2. The third-order valence-electron chi connectivity index (χ3n) is 5.37. The molecular weight excluding hydrogens is 440 g/mol. The molecule has 8 heteroatoms. The van der Waals surface area contributed by atoms with Gasteiger partial charge < -0.3 is 10.6 Å². The van der Waals surface area contributed by atoms with E-state index in [1.54, 1.807) is 0 Å². The molecule has 1 atom stereocenters. The van der Waals surface area contributed by atoms with E-state index in [2.05, 4.69) is 30.6 Å². The van der Waals surface area contributed by atoms with Crippen molar-refractivity contribution in [1.29, 1.82) is 0 Å². The van der Waals surface area contributed by atoms with Crippen LogP contribution >= 0.6 is 0 Å². The second kappa shape index (κ2) is 11.6. The summed E-state index contributed by atoms with van der Waals surface area (Å²) in [5.41, 5.74) is 2.48. The Kier molecular flexibility index (Phi) is 7.85. The van der Waals surface area contributed by atoms with Crippen LogP contribution in [0.5, 0.6) is 0 Å². The van der Waals surface area contributed by atoms with Gasteiger partial charge in [0.15, 0.2) is 11.6 Å². The van der Waals surface area contributed by atoms with E-state index in [0.29, 0.717) is 29.2 Å². The monoisotopic (exact) mass is 466 g/mol. The maximum Gasteiger partial charge on any atom is 0.254 e. The zero-order chi connectivity index (χ0) is 24.5. The molecule has 2 aromatic carbocycles. The number of carbonyl (C=O) groups is 2. The summed E-state index contributed by atoms with van der Waals surface area (Å²) in [4.78, 5) is 42.6. The second-order valence-electron chi connectivity index (χ2n) is 7.99. The third kappa shape index (κ3) is 6.32. The lowest BCUT2D eigenvalue weighted by atomic mass is 10.1. The maximum atomic E-state index is 12.7. The van der Waals surface area contributed by atoms with Gasteiger partial charge in [0.1, 0.15) is 0 Å². The molecule has 0 spiro atoms. The molecular formula is C27H26N6O2. The molecule has 0 bridgehead atoms. The quantitative estimate of drug-likeness (QED) is 0.387. The molecule has 35 heavy (non-hydrogen) atoms. The number of amides is 2. The number of nitrogens with one attached hydrogen (secondary N) is 2. The van der Waals surface area contributed by atoms with Gasteiger partial charge >= 0.3 is 0 Å². The van der Waals surface area contributed by atoms with Gasteiger partial charge in [0.25, 0.3) is 11.8 Å². The average Bonchev–Trinajstić information content (AvgIpc) is 2.93. The van der Waals surface area contributed by atoms with Crippen molar-refractivity contribution in [1.82, 2.24) is 30.6 Å². The van der Waals surface area contributed by atoms with Crippen molar-refractivity contribution in [2.45, 2.75) is 25.8 Å². The Balaban J connectivity index is 1.34. The molecule has 2 N–H and O–H groups in total. The Labute approximate surface area is 203 Å². The van der Waals surface area contributed by atoms with Crippen LogP contribution in [0.3, 0.4) is 0 Å². The highest BCUT2D eigenvalue weighted by molar-refractivity contribution is 5.95. The predicted molar refractivity (Wildman–Crippen MR) is 133 cm³/mol. The van der Waals surface area contributed by atoms with Crippen molar-refractivity contribution in [3.8, 4) is 22.8 Å². The molecule has 2 amide bonds. The molecule has 0 aliphatic heterocycles. The predicted octanol–water partition coefficient (Wildman–Crippen LogP) is 3.93. The summed E-state index contributed by atoms with van der Waals surface area (Å²) in [6, 6.07) is 18.9. The van der Waals surface area contributed by atoms with Crippen LogP contribution in [-0.4, -0.2) is 44.3 Å². The van der Waals surface area contributed by atoms with Gasteiger partial charge in [0.05, 0.1) is 11.1 Å². The standard InChI is InChI=1S/C27H26N6O2/c1-2-9-23(33-27(35)22-16-30-25(31-17-22)20-12-7-4-8-13-20)18-32-26(34)21-14-28-24(29-15-21)19-10-5-3-6-11-19/h3-8,10-17,23H,2,9,18H2,1H3,(H,32,34)(H,33,35). The van der Waals surface area contributed by atoms with Gasteiger partial charge in [0, 0.05) is 48.5 Å². The fraction of sp³-hybridized carbons (Fsp3) is 0.185. The highest BCUT2D eigenvalue weighted by Crippen LogP contribution is 2.14. The minimum absolute atomic E-state index is 0.241. The Morgan fingerprint density at radius 2 is 1.17 bits per heavy atom. The van der Waals surface area contributed by atoms with Gasteiger partial charge in [-0.05, 0) is 6.42 Å². The number of rotatable bonds is 9. The van der Waals surface area contributed by atoms with Crippen molar-refractivity contribution in [2.24, 2.45) is 0 Å². The lowest BCUT2D eigenvalue weighted by molar-refractivity contribution is 0.0905. The van der Waals surface area contributed by atoms with Crippen molar-refractivity contribution in [3.63, 3.8) is 0 Å². The molecule has 176 valence electrons. The number of benzene rings is 2. The third-order valence-corrected chi connectivity index (χ3v) is 5.37. The summed E-state index contributed by atoms with van der Waals surface area (Å²) in [6.45, 7) is 2.30. The number of hydrogen-bond donors (Lipinski definition) is 2. The SMILES string of the molecule is CCCC(CNC(=O)c1cnc(-c2ccccc2)nc1)NC(=O)c1cnc(-c2ccccc2)nc1. The molecule has 2 heterocycles. The molecule has 2 aromatic heterocycles. The molecule has 1 unspecified atom stereocenters. The maximum absolute atomic E-state index is 12.7. The summed E-state index contributed by atoms with van der Waals surface area (Å²) >= 11 is 0. The second-order valence-corrected chi connectivity index (χ2v) is 7.99. The first-order chi connectivity index (χ1) is 17.1. The van der Waals surface area contributed by atoms with Gasteiger partial charge in [-0.1, -0.05) is 74.0 Å². The lowest BCUT2D eigenvalue weighted by Gasteiger charge is -2.18. The molecule has 0 aliphatic rings. The number of aromatic nitrogens is 4. The molecule has 0 saturated heterocycles. The largest absolute Gasteiger partial charge is 0.350 e. The average molecular weight is 467 g/mol. The molecule has 0 saturated carbocycles. The van der Waals surface area contributed by atoms with E-state index >= 15 is 0 Å². The zero-order valence-corrected chi connectivity index (χ0v) is 19.4. The molecule has 0 aliphatic carbocycles. The Morgan fingerprint density at radius 3 is 1.63 bits per heavy atom. The summed E-state index contributed by atoms with van der Waals surface area (Å²) in [7, 11) is 0. The number of nitrogens with zero attached hydrogens (tertiary/aromatic N) is 4. The minimum atomic E-state index is -0.296. The van der Waals surface area contributed by atoms with Gasteiger partial charge in [-0.15, -0.1) is 0 Å². The Hall–Kier alpha value is -4.46. The molecule has 4 aromatic rings. The smallest absolute Gasteiger partial charge is 0.254 e. The molecule has 8 nitrogen and oxygen atoms in total. The first kappa shape index (κ1) is 23.7. The van der Waals surface area contributed by atoms with E-state index in [1.807, 2.05) is 67.6 Å². The van der Waals surface area contributed by atoms with Crippen LogP contribution in [-0.2, 0) is 0 Å². The first-order valence-electron chi connectivity index (χ1n) is 11.5.